The van der Waals surface area contributed by atoms with Crippen LogP contribution in [0, 0.1) is 0 Å². The molecule has 0 fully saturated rings. The molecule has 4 nitrogen and oxygen atoms in total. The SMILES string of the molecule is COc1ccc2c(c1)nc(N)n2-c1ccc(Cl)cc1. The van der Waals surface area contributed by atoms with Gasteiger partial charge in [0.2, 0.25) is 5.95 Å². The quantitative estimate of drug-likeness (QED) is 0.780. The minimum atomic E-state index is 0.436. The van der Waals surface area contributed by atoms with E-state index in [0.717, 1.165) is 22.5 Å². The Hall–Kier alpha value is -2.20. The topological polar surface area (TPSA) is 53.1 Å². The summed E-state index contributed by atoms with van der Waals surface area (Å²) in [6, 6.07) is 13.1. The number of hydrogen-bond acceptors (Lipinski definition) is 3. The zero-order valence-electron chi connectivity index (χ0n) is 10.3. The number of ether oxygens (including phenoxy) is 1. The predicted molar refractivity (Wildman–Crippen MR) is 77.0 cm³/mol. The van der Waals surface area contributed by atoms with Crippen molar-refractivity contribution in [1.82, 2.24) is 9.55 Å². The van der Waals surface area contributed by atoms with E-state index in [0.29, 0.717) is 11.0 Å². The van der Waals surface area contributed by atoms with Gasteiger partial charge in [0.05, 0.1) is 18.1 Å². The van der Waals surface area contributed by atoms with Gasteiger partial charge in [-0.05, 0) is 36.4 Å². The summed E-state index contributed by atoms with van der Waals surface area (Å²) >= 11 is 5.90. The Morgan fingerprint density at radius 3 is 2.58 bits per heavy atom. The van der Waals surface area contributed by atoms with E-state index in [1.807, 2.05) is 47.0 Å². The molecule has 0 aliphatic carbocycles. The molecule has 0 aliphatic heterocycles. The predicted octanol–water partition coefficient (Wildman–Crippen LogP) is 3.27. The number of methoxy groups -OCH3 is 1. The van der Waals surface area contributed by atoms with Gasteiger partial charge < -0.3 is 10.5 Å². The molecule has 0 saturated heterocycles. The minimum absolute atomic E-state index is 0.436. The molecule has 0 unspecified atom stereocenters. The molecule has 3 aromatic rings. The third kappa shape index (κ3) is 2.00. The van der Waals surface area contributed by atoms with Crippen LogP contribution in [0.25, 0.3) is 16.7 Å². The van der Waals surface area contributed by atoms with Crippen LogP contribution in [0.15, 0.2) is 42.5 Å². The molecule has 2 N–H and O–H groups in total. The van der Waals surface area contributed by atoms with Gasteiger partial charge >= 0.3 is 0 Å². The standard InChI is InChI=1S/C14H12ClN3O/c1-19-11-6-7-13-12(8-11)17-14(16)18(13)10-4-2-9(15)3-5-10/h2-8H,1H3,(H2,16,17). The van der Waals surface area contributed by atoms with Gasteiger partial charge in [0, 0.05) is 16.8 Å². The molecule has 3 rings (SSSR count). The van der Waals surface area contributed by atoms with Crippen LogP contribution in [0.2, 0.25) is 5.02 Å². The Kier molecular flexibility index (Phi) is 2.80. The summed E-state index contributed by atoms with van der Waals surface area (Å²) in [5, 5.41) is 0.688. The van der Waals surface area contributed by atoms with E-state index in [1.54, 1.807) is 7.11 Å². The van der Waals surface area contributed by atoms with Gasteiger partial charge in [-0.25, -0.2) is 4.98 Å². The zero-order valence-corrected chi connectivity index (χ0v) is 11.1. The summed E-state index contributed by atoms with van der Waals surface area (Å²) in [4.78, 5) is 4.35. The lowest BCUT2D eigenvalue weighted by atomic mass is 10.2. The van der Waals surface area contributed by atoms with Crippen molar-refractivity contribution in [1.29, 1.82) is 0 Å². The van der Waals surface area contributed by atoms with Crippen molar-refractivity contribution in [2.45, 2.75) is 0 Å². The first-order valence-electron chi connectivity index (χ1n) is 5.77. The van der Waals surface area contributed by atoms with E-state index in [9.17, 15) is 0 Å². The molecular formula is C14H12ClN3O. The molecule has 0 atom stereocenters. The van der Waals surface area contributed by atoms with E-state index >= 15 is 0 Å². The molecule has 0 amide bonds. The van der Waals surface area contributed by atoms with E-state index in [-0.39, 0.29) is 0 Å². The molecule has 0 bridgehead atoms. The average Bonchev–Trinajstić information content (AvgIpc) is 2.74. The molecule has 0 saturated carbocycles. The normalized spacial score (nSPS) is 10.8. The third-order valence-corrected chi connectivity index (χ3v) is 3.22. The van der Waals surface area contributed by atoms with E-state index in [1.165, 1.54) is 0 Å². The van der Waals surface area contributed by atoms with Crippen LogP contribution in [-0.2, 0) is 0 Å². The number of rotatable bonds is 2. The van der Waals surface area contributed by atoms with Gasteiger partial charge in [-0.2, -0.15) is 0 Å². The second kappa shape index (κ2) is 4.48. The molecule has 19 heavy (non-hydrogen) atoms. The van der Waals surface area contributed by atoms with Crippen molar-refractivity contribution in [3.8, 4) is 11.4 Å². The Balaban J connectivity index is 2.23. The van der Waals surface area contributed by atoms with Crippen molar-refractivity contribution < 1.29 is 4.74 Å². The molecule has 5 heteroatoms. The van der Waals surface area contributed by atoms with Crippen LogP contribution in [0.3, 0.4) is 0 Å². The Bertz CT molecular complexity index is 734. The first-order chi connectivity index (χ1) is 9.19. The monoisotopic (exact) mass is 273 g/mol. The number of aromatic nitrogens is 2. The van der Waals surface area contributed by atoms with Gasteiger partial charge in [0.25, 0.3) is 0 Å². The number of halogens is 1. The highest BCUT2D eigenvalue weighted by Gasteiger charge is 2.10. The molecular weight excluding hydrogens is 262 g/mol. The fourth-order valence-electron chi connectivity index (χ4n) is 2.07. The average molecular weight is 274 g/mol. The summed E-state index contributed by atoms with van der Waals surface area (Å²) in [6.45, 7) is 0. The lowest BCUT2D eigenvalue weighted by Crippen LogP contribution is -2.00. The van der Waals surface area contributed by atoms with Crippen LogP contribution >= 0.6 is 11.6 Å². The van der Waals surface area contributed by atoms with Crippen molar-refractivity contribution in [2.24, 2.45) is 0 Å². The summed E-state index contributed by atoms with van der Waals surface area (Å²) in [6.07, 6.45) is 0. The number of benzene rings is 2. The number of imidazole rings is 1. The van der Waals surface area contributed by atoms with Crippen molar-refractivity contribution in [3.63, 3.8) is 0 Å². The lowest BCUT2D eigenvalue weighted by Gasteiger charge is -2.06. The minimum Gasteiger partial charge on any atom is -0.497 e. The summed E-state index contributed by atoms with van der Waals surface area (Å²) in [5.74, 6) is 1.19. The molecule has 1 aromatic heterocycles. The zero-order chi connectivity index (χ0) is 13.4. The molecule has 2 aromatic carbocycles. The lowest BCUT2D eigenvalue weighted by molar-refractivity contribution is 0.415. The van der Waals surface area contributed by atoms with E-state index in [2.05, 4.69) is 4.98 Å². The van der Waals surface area contributed by atoms with E-state index in [4.69, 9.17) is 22.1 Å². The number of nitrogen functional groups attached to an aromatic ring is 1. The largest absolute Gasteiger partial charge is 0.497 e. The Morgan fingerprint density at radius 2 is 1.89 bits per heavy atom. The summed E-state index contributed by atoms with van der Waals surface area (Å²) < 4.78 is 7.07. The van der Waals surface area contributed by atoms with Crippen LogP contribution in [0.1, 0.15) is 0 Å². The van der Waals surface area contributed by atoms with E-state index < -0.39 is 0 Å². The fourth-order valence-corrected chi connectivity index (χ4v) is 2.19. The van der Waals surface area contributed by atoms with Gasteiger partial charge in [-0.1, -0.05) is 11.6 Å². The van der Waals surface area contributed by atoms with Crippen molar-refractivity contribution >= 4 is 28.6 Å². The first kappa shape index (κ1) is 11.9. The molecule has 0 spiro atoms. The maximum Gasteiger partial charge on any atom is 0.205 e. The van der Waals surface area contributed by atoms with Crippen molar-refractivity contribution in [2.75, 3.05) is 12.8 Å². The second-order valence-electron chi connectivity index (χ2n) is 4.14. The number of hydrogen-bond donors (Lipinski definition) is 1. The molecule has 1 heterocycles. The molecule has 0 aliphatic rings. The van der Waals surface area contributed by atoms with Crippen LogP contribution in [0.4, 0.5) is 5.95 Å². The van der Waals surface area contributed by atoms with Crippen LogP contribution < -0.4 is 10.5 Å². The molecule has 96 valence electrons. The first-order valence-corrected chi connectivity index (χ1v) is 6.15. The number of fused-ring (bicyclic) bond motifs is 1. The number of nitrogens with two attached hydrogens (primary N) is 1. The van der Waals surface area contributed by atoms with Gasteiger partial charge in [0.15, 0.2) is 0 Å². The highest BCUT2D eigenvalue weighted by atomic mass is 35.5. The summed E-state index contributed by atoms with van der Waals surface area (Å²) in [7, 11) is 1.63. The van der Waals surface area contributed by atoms with Gasteiger partial charge in [-0.3, -0.25) is 4.57 Å². The number of anilines is 1. The van der Waals surface area contributed by atoms with Crippen molar-refractivity contribution in [3.05, 3.63) is 47.5 Å². The van der Waals surface area contributed by atoms with Gasteiger partial charge in [0.1, 0.15) is 5.75 Å². The maximum atomic E-state index is 5.99. The maximum absolute atomic E-state index is 5.99. The highest BCUT2D eigenvalue weighted by Crippen LogP contribution is 2.26. The van der Waals surface area contributed by atoms with Gasteiger partial charge in [-0.15, -0.1) is 0 Å². The van der Waals surface area contributed by atoms with Crippen LogP contribution in [0.5, 0.6) is 5.75 Å². The fraction of sp³-hybridized carbons (Fsp3) is 0.0714. The third-order valence-electron chi connectivity index (χ3n) is 2.97. The van der Waals surface area contributed by atoms with Crippen LogP contribution in [-0.4, -0.2) is 16.7 Å². The summed E-state index contributed by atoms with van der Waals surface area (Å²) in [5.41, 5.74) is 8.65. The molecule has 0 radical (unpaired) electrons. The second-order valence-corrected chi connectivity index (χ2v) is 4.57. The smallest absolute Gasteiger partial charge is 0.205 e. The number of nitrogens with zero attached hydrogens (tertiary/aromatic N) is 2. The highest BCUT2D eigenvalue weighted by molar-refractivity contribution is 6.30. The Labute approximate surface area is 115 Å². The Morgan fingerprint density at radius 1 is 1.16 bits per heavy atom.